The summed E-state index contributed by atoms with van der Waals surface area (Å²) >= 11 is 0. The number of nitrogens with zero attached hydrogens (tertiary/aromatic N) is 3. The normalized spacial score (nSPS) is 10.7. The van der Waals surface area contributed by atoms with Gasteiger partial charge in [0.05, 0.1) is 22.8 Å². The fourth-order valence-electron chi connectivity index (χ4n) is 4.14. The first kappa shape index (κ1) is 24.1. The van der Waals surface area contributed by atoms with Gasteiger partial charge < -0.3 is 5.32 Å². The van der Waals surface area contributed by atoms with Gasteiger partial charge in [-0.3, -0.25) is 14.8 Å². The van der Waals surface area contributed by atoms with Crippen LogP contribution in [0.4, 0.5) is 0 Å². The van der Waals surface area contributed by atoms with Crippen LogP contribution in [0.15, 0.2) is 109 Å². The van der Waals surface area contributed by atoms with E-state index in [0.717, 1.165) is 57.9 Å². The van der Waals surface area contributed by atoms with Crippen molar-refractivity contribution < 1.29 is 4.79 Å². The first-order chi connectivity index (χ1) is 18.2. The van der Waals surface area contributed by atoms with Crippen LogP contribution in [0, 0.1) is 0 Å². The molecular weight excluding hydrogens is 456 g/mol. The summed E-state index contributed by atoms with van der Waals surface area (Å²) in [5, 5.41) is 2.96. The van der Waals surface area contributed by atoms with E-state index in [-0.39, 0.29) is 5.91 Å². The van der Waals surface area contributed by atoms with Crippen molar-refractivity contribution in [2.45, 2.75) is 19.8 Å². The summed E-state index contributed by atoms with van der Waals surface area (Å²) in [6.45, 7) is 2.82. The van der Waals surface area contributed by atoms with Crippen molar-refractivity contribution in [2.24, 2.45) is 0 Å². The minimum atomic E-state index is -0.0274. The Morgan fingerprint density at radius 2 is 1.16 bits per heavy atom. The predicted molar refractivity (Wildman–Crippen MR) is 149 cm³/mol. The third-order valence-electron chi connectivity index (χ3n) is 6.19. The van der Waals surface area contributed by atoms with Crippen LogP contribution in [0.3, 0.4) is 0 Å². The molecule has 0 spiro atoms. The van der Waals surface area contributed by atoms with E-state index in [1.54, 1.807) is 12.4 Å². The highest BCUT2D eigenvalue weighted by atomic mass is 16.1. The van der Waals surface area contributed by atoms with Gasteiger partial charge in [-0.15, -0.1) is 0 Å². The molecule has 0 aliphatic heterocycles. The number of hydrogen-bond donors (Lipinski definition) is 1. The van der Waals surface area contributed by atoms with Crippen LogP contribution in [0.2, 0.25) is 0 Å². The molecule has 37 heavy (non-hydrogen) atoms. The van der Waals surface area contributed by atoms with Crippen molar-refractivity contribution in [1.82, 2.24) is 20.3 Å². The fraction of sp³-hybridized carbons (Fsp3) is 0.125. The third kappa shape index (κ3) is 5.78. The number of benzene rings is 2. The molecule has 0 aliphatic carbocycles. The maximum absolute atomic E-state index is 12.3. The summed E-state index contributed by atoms with van der Waals surface area (Å²) in [4.78, 5) is 26.2. The van der Waals surface area contributed by atoms with Gasteiger partial charge in [-0.05, 0) is 77.2 Å². The summed E-state index contributed by atoms with van der Waals surface area (Å²) in [6, 6.07) is 32.0. The van der Waals surface area contributed by atoms with Crippen LogP contribution in [0.1, 0.15) is 30.1 Å². The highest BCUT2D eigenvalue weighted by Gasteiger charge is 2.11. The van der Waals surface area contributed by atoms with E-state index in [0.29, 0.717) is 12.1 Å². The summed E-state index contributed by atoms with van der Waals surface area (Å²) < 4.78 is 0. The van der Waals surface area contributed by atoms with Crippen LogP contribution in [0.25, 0.3) is 45.0 Å². The van der Waals surface area contributed by atoms with Crippen molar-refractivity contribution in [3.8, 4) is 45.0 Å². The van der Waals surface area contributed by atoms with E-state index in [2.05, 4.69) is 58.6 Å². The minimum absolute atomic E-state index is 0.0274. The van der Waals surface area contributed by atoms with Crippen LogP contribution in [-0.4, -0.2) is 27.4 Å². The number of pyridine rings is 3. The molecule has 1 amide bonds. The monoisotopic (exact) mass is 484 g/mol. The summed E-state index contributed by atoms with van der Waals surface area (Å²) in [6.07, 6.45) is 5.60. The van der Waals surface area contributed by atoms with Crippen molar-refractivity contribution >= 4 is 5.91 Å². The van der Waals surface area contributed by atoms with Crippen molar-refractivity contribution in [2.75, 3.05) is 6.54 Å². The second-order valence-electron chi connectivity index (χ2n) is 8.82. The SMILES string of the molecule is CCCCNC(=O)c1ccc(-c2ccc(-c3cc(-c4ccccn4)nc(-c4ccccn4)c3)cc2)cc1. The minimum Gasteiger partial charge on any atom is -0.352 e. The van der Waals surface area contributed by atoms with Crippen molar-refractivity contribution in [3.63, 3.8) is 0 Å². The van der Waals surface area contributed by atoms with E-state index < -0.39 is 0 Å². The first-order valence-corrected chi connectivity index (χ1v) is 12.6. The van der Waals surface area contributed by atoms with Gasteiger partial charge in [0.1, 0.15) is 0 Å². The number of nitrogens with one attached hydrogen (secondary N) is 1. The van der Waals surface area contributed by atoms with E-state index in [4.69, 9.17) is 4.98 Å². The summed E-state index contributed by atoms with van der Waals surface area (Å²) in [5.41, 5.74) is 8.19. The van der Waals surface area contributed by atoms with Gasteiger partial charge in [0.25, 0.3) is 5.91 Å². The number of carbonyl (C=O) groups excluding carboxylic acids is 1. The molecule has 1 N–H and O–H groups in total. The van der Waals surface area contributed by atoms with E-state index in [1.165, 1.54) is 0 Å². The topological polar surface area (TPSA) is 67.8 Å². The molecule has 0 unspecified atom stereocenters. The predicted octanol–water partition coefficient (Wildman–Crippen LogP) is 7.07. The molecule has 182 valence electrons. The third-order valence-corrected chi connectivity index (χ3v) is 6.19. The van der Waals surface area contributed by atoms with E-state index in [1.807, 2.05) is 60.7 Å². The van der Waals surface area contributed by atoms with Crippen molar-refractivity contribution in [1.29, 1.82) is 0 Å². The Labute approximate surface area is 217 Å². The van der Waals surface area contributed by atoms with Crippen LogP contribution < -0.4 is 5.32 Å². The zero-order valence-corrected chi connectivity index (χ0v) is 20.8. The maximum Gasteiger partial charge on any atom is 0.251 e. The molecule has 0 radical (unpaired) electrons. The fourth-order valence-corrected chi connectivity index (χ4v) is 4.14. The zero-order valence-electron chi connectivity index (χ0n) is 20.8. The number of amides is 1. The molecule has 0 atom stereocenters. The largest absolute Gasteiger partial charge is 0.352 e. The smallest absolute Gasteiger partial charge is 0.251 e. The Bertz CT molecular complexity index is 1410. The van der Waals surface area contributed by atoms with Gasteiger partial charge in [0, 0.05) is 24.5 Å². The number of rotatable bonds is 8. The quantitative estimate of drug-likeness (QED) is 0.239. The summed E-state index contributed by atoms with van der Waals surface area (Å²) in [5.74, 6) is -0.0274. The second kappa shape index (κ2) is 11.4. The molecule has 3 heterocycles. The molecule has 0 aliphatic rings. The van der Waals surface area contributed by atoms with Crippen molar-refractivity contribution in [3.05, 3.63) is 115 Å². The first-order valence-electron chi connectivity index (χ1n) is 12.6. The second-order valence-corrected chi connectivity index (χ2v) is 8.82. The molecule has 5 nitrogen and oxygen atoms in total. The Morgan fingerprint density at radius 3 is 1.65 bits per heavy atom. The van der Waals surface area contributed by atoms with E-state index >= 15 is 0 Å². The van der Waals surface area contributed by atoms with Gasteiger partial charge >= 0.3 is 0 Å². The zero-order chi connectivity index (χ0) is 25.5. The highest BCUT2D eigenvalue weighted by Crippen LogP contribution is 2.30. The van der Waals surface area contributed by atoms with Gasteiger partial charge in [-0.25, -0.2) is 4.98 Å². The molecule has 0 bridgehead atoms. The van der Waals surface area contributed by atoms with Gasteiger partial charge in [0.2, 0.25) is 0 Å². The molecule has 0 saturated heterocycles. The lowest BCUT2D eigenvalue weighted by molar-refractivity contribution is 0.0953. The maximum atomic E-state index is 12.3. The standard InChI is InChI=1S/C32H28N4O/c1-2-3-18-35-32(37)26-16-14-24(15-17-26)23-10-12-25(13-11-23)27-21-30(28-8-4-6-19-33-28)36-31(22-27)29-9-5-7-20-34-29/h4-17,19-22H,2-3,18H2,1H3,(H,35,37). The average molecular weight is 485 g/mol. The van der Waals surface area contributed by atoms with E-state index in [9.17, 15) is 4.79 Å². The Morgan fingerprint density at radius 1 is 0.649 bits per heavy atom. The lowest BCUT2D eigenvalue weighted by atomic mass is 9.98. The lowest BCUT2D eigenvalue weighted by Crippen LogP contribution is -2.24. The Hall–Kier alpha value is -4.64. The van der Waals surface area contributed by atoms with Crippen LogP contribution in [-0.2, 0) is 0 Å². The Kier molecular flexibility index (Phi) is 7.42. The van der Waals surface area contributed by atoms with Gasteiger partial charge in [-0.1, -0.05) is 61.9 Å². The molecule has 0 saturated carbocycles. The number of aromatic nitrogens is 3. The molecule has 5 aromatic rings. The lowest BCUT2D eigenvalue weighted by Gasteiger charge is -2.10. The number of unbranched alkanes of at least 4 members (excludes halogenated alkanes) is 1. The highest BCUT2D eigenvalue weighted by molar-refractivity contribution is 5.94. The molecule has 3 aromatic heterocycles. The molecule has 2 aromatic carbocycles. The molecular formula is C32H28N4O. The van der Waals surface area contributed by atoms with Gasteiger partial charge in [0.15, 0.2) is 0 Å². The van der Waals surface area contributed by atoms with Gasteiger partial charge in [-0.2, -0.15) is 0 Å². The molecule has 5 heteroatoms. The molecule has 5 rings (SSSR count). The molecule has 0 fully saturated rings. The van der Waals surface area contributed by atoms with Crippen LogP contribution >= 0.6 is 0 Å². The van der Waals surface area contributed by atoms with Crippen LogP contribution in [0.5, 0.6) is 0 Å². The summed E-state index contributed by atoms with van der Waals surface area (Å²) in [7, 11) is 0. The Balaban J connectivity index is 1.43. The number of carbonyl (C=O) groups is 1. The average Bonchev–Trinajstić information content (AvgIpc) is 2.98. The number of hydrogen-bond acceptors (Lipinski definition) is 4.